The number of nitrogens with zero attached hydrogens (tertiary/aromatic N) is 2. The Kier molecular flexibility index (Phi) is 5.61. The summed E-state index contributed by atoms with van der Waals surface area (Å²) >= 11 is 0. The van der Waals surface area contributed by atoms with Gasteiger partial charge in [-0.2, -0.15) is 0 Å². The van der Waals surface area contributed by atoms with E-state index in [1.807, 2.05) is 12.1 Å². The molecule has 1 fully saturated rings. The van der Waals surface area contributed by atoms with Crippen LogP contribution in [0.5, 0.6) is 0 Å². The van der Waals surface area contributed by atoms with E-state index in [0.29, 0.717) is 6.61 Å². The van der Waals surface area contributed by atoms with Gasteiger partial charge in [0.2, 0.25) is 0 Å². The summed E-state index contributed by atoms with van der Waals surface area (Å²) in [7, 11) is 0. The van der Waals surface area contributed by atoms with Crippen molar-refractivity contribution in [3.05, 3.63) is 30.1 Å². The Labute approximate surface area is 114 Å². The molecule has 0 aromatic heterocycles. The largest absolute Gasteiger partial charge is 0.396 e. The molecule has 0 amide bonds. The molecule has 0 spiro atoms. The zero-order valence-corrected chi connectivity index (χ0v) is 11.4. The van der Waals surface area contributed by atoms with Crippen LogP contribution in [0, 0.1) is 5.82 Å². The monoisotopic (exact) mass is 266 g/mol. The lowest BCUT2D eigenvalue weighted by Crippen LogP contribution is -2.46. The van der Waals surface area contributed by atoms with Gasteiger partial charge in [-0.3, -0.25) is 4.90 Å². The van der Waals surface area contributed by atoms with E-state index in [2.05, 4.69) is 9.80 Å². The summed E-state index contributed by atoms with van der Waals surface area (Å²) in [5, 5.41) is 8.74. The highest BCUT2D eigenvalue weighted by Crippen LogP contribution is 2.17. The second-order valence-electron chi connectivity index (χ2n) is 5.09. The summed E-state index contributed by atoms with van der Waals surface area (Å²) in [4.78, 5) is 4.78. The predicted molar refractivity (Wildman–Crippen MR) is 76.0 cm³/mol. The van der Waals surface area contributed by atoms with Crippen molar-refractivity contribution in [1.82, 2.24) is 4.90 Å². The van der Waals surface area contributed by atoms with Crippen LogP contribution in [-0.2, 0) is 0 Å². The maximum Gasteiger partial charge on any atom is 0.123 e. The standard InChI is InChI=1S/C15H23FN2O/c16-14-4-6-15(7-5-14)18-11-9-17(10-12-18)8-2-1-3-13-19/h4-7,19H,1-3,8-13H2. The number of benzene rings is 1. The number of rotatable bonds is 6. The van der Waals surface area contributed by atoms with E-state index in [4.69, 9.17) is 5.11 Å². The van der Waals surface area contributed by atoms with Gasteiger partial charge < -0.3 is 10.0 Å². The third kappa shape index (κ3) is 4.48. The summed E-state index contributed by atoms with van der Waals surface area (Å²) in [6, 6.07) is 6.76. The fourth-order valence-corrected chi connectivity index (χ4v) is 2.51. The normalized spacial score (nSPS) is 16.8. The van der Waals surface area contributed by atoms with Crippen molar-refractivity contribution in [3.8, 4) is 0 Å². The molecule has 19 heavy (non-hydrogen) atoms. The van der Waals surface area contributed by atoms with E-state index >= 15 is 0 Å². The number of piperazine rings is 1. The average molecular weight is 266 g/mol. The van der Waals surface area contributed by atoms with Gasteiger partial charge in [0.05, 0.1) is 0 Å². The number of hydrogen-bond donors (Lipinski definition) is 1. The summed E-state index contributed by atoms with van der Waals surface area (Å²) in [5.74, 6) is -0.175. The van der Waals surface area contributed by atoms with Gasteiger partial charge in [-0.25, -0.2) is 4.39 Å². The molecule has 0 radical (unpaired) electrons. The van der Waals surface area contributed by atoms with Crippen molar-refractivity contribution in [3.63, 3.8) is 0 Å². The molecule has 1 heterocycles. The average Bonchev–Trinajstić information content (AvgIpc) is 2.45. The Morgan fingerprint density at radius 3 is 2.26 bits per heavy atom. The molecule has 1 aromatic carbocycles. The molecular formula is C15H23FN2O. The first-order valence-corrected chi connectivity index (χ1v) is 7.13. The van der Waals surface area contributed by atoms with E-state index in [-0.39, 0.29) is 5.82 Å². The van der Waals surface area contributed by atoms with Crippen molar-refractivity contribution in [2.24, 2.45) is 0 Å². The second kappa shape index (κ2) is 7.46. The highest BCUT2D eigenvalue weighted by molar-refractivity contribution is 5.46. The van der Waals surface area contributed by atoms with Crippen LogP contribution in [0.4, 0.5) is 10.1 Å². The van der Waals surface area contributed by atoms with Gasteiger partial charge in [0.15, 0.2) is 0 Å². The molecule has 0 unspecified atom stereocenters. The Hall–Kier alpha value is -1.13. The SMILES string of the molecule is OCCCCCN1CCN(c2ccc(F)cc2)CC1. The number of anilines is 1. The number of halogens is 1. The molecule has 4 heteroatoms. The first-order chi connectivity index (χ1) is 9.29. The lowest BCUT2D eigenvalue weighted by Gasteiger charge is -2.36. The number of hydrogen-bond acceptors (Lipinski definition) is 3. The molecule has 1 aromatic rings. The van der Waals surface area contributed by atoms with Gasteiger partial charge >= 0.3 is 0 Å². The Morgan fingerprint density at radius 1 is 0.947 bits per heavy atom. The van der Waals surface area contributed by atoms with Gasteiger partial charge in [0.25, 0.3) is 0 Å². The molecule has 3 nitrogen and oxygen atoms in total. The van der Waals surface area contributed by atoms with E-state index in [1.165, 1.54) is 12.1 Å². The maximum atomic E-state index is 12.9. The van der Waals surface area contributed by atoms with E-state index in [0.717, 1.165) is 57.7 Å². The zero-order valence-electron chi connectivity index (χ0n) is 11.4. The van der Waals surface area contributed by atoms with Crippen LogP contribution in [0.15, 0.2) is 24.3 Å². The topological polar surface area (TPSA) is 26.7 Å². The molecule has 1 aliphatic heterocycles. The van der Waals surface area contributed by atoms with Crippen molar-refractivity contribution < 1.29 is 9.50 Å². The van der Waals surface area contributed by atoms with E-state index in [1.54, 1.807) is 0 Å². The Balaban J connectivity index is 1.71. The minimum atomic E-state index is -0.175. The molecule has 1 N–H and O–H groups in total. The highest BCUT2D eigenvalue weighted by atomic mass is 19.1. The minimum Gasteiger partial charge on any atom is -0.396 e. The third-order valence-electron chi connectivity index (χ3n) is 3.70. The summed E-state index contributed by atoms with van der Waals surface area (Å²) in [5.41, 5.74) is 1.11. The smallest absolute Gasteiger partial charge is 0.123 e. The molecule has 106 valence electrons. The summed E-state index contributed by atoms with van der Waals surface area (Å²) < 4.78 is 12.9. The van der Waals surface area contributed by atoms with Gasteiger partial charge in [-0.1, -0.05) is 0 Å². The molecule has 2 rings (SSSR count). The van der Waals surface area contributed by atoms with Crippen LogP contribution in [0.25, 0.3) is 0 Å². The lowest BCUT2D eigenvalue weighted by atomic mass is 10.2. The number of aliphatic hydroxyl groups excluding tert-OH is 1. The first kappa shape index (κ1) is 14.3. The van der Waals surface area contributed by atoms with Crippen LogP contribution in [0.3, 0.4) is 0 Å². The van der Waals surface area contributed by atoms with E-state index < -0.39 is 0 Å². The molecule has 1 saturated heterocycles. The number of unbranched alkanes of at least 4 members (excludes halogenated alkanes) is 2. The van der Waals surface area contributed by atoms with Crippen LogP contribution in [-0.4, -0.2) is 49.3 Å². The number of aliphatic hydroxyl groups is 1. The minimum absolute atomic E-state index is 0.175. The Bertz CT molecular complexity index is 361. The quantitative estimate of drug-likeness (QED) is 0.799. The summed E-state index contributed by atoms with van der Waals surface area (Å²) in [6.07, 6.45) is 3.18. The van der Waals surface area contributed by atoms with Crippen molar-refractivity contribution >= 4 is 5.69 Å². The molecule has 0 saturated carbocycles. The van der Waals surface area contributed by atoms with Crippen LogP contribution in [0.2, 0.25) is 0 Å². The van der Waals surface area contributed by atoms with E-state index in [9.17, 15) is 4.39 Å². The van der Waals surface area contributed by atoms with Crippen LogP contribution < -0.4 is 4.90 Å². The molecule has 0 bridgehead atoms. The lowest BCUT2D eigenvalue weighted by molar-refractivity contribution is 0.242. The van der Waals surface area contributed by atoms with Gasteiger partial charge in [-0.15, -0.1) is 0 Å². The van der Waals surface area contributed by atoms with Crippen molar-refractivity contribution in [1.29, 1.82) is 0 Å². The first-order valence-electron chi connectivity index (χ1n) is 7.13. The highest BCUT2D eigenvalue weighted by Gasteiger charge is 2.16. The van der Waals surface area contributed by atoms with Crippen LogP contribution in [0.1, 0.15) is 19.3 Å². The van der Waals surface area contributed by atoms with Crippen molar-refractivity contribution in [2.75, 3.05) is 44.2 Å². The fraction of sp³-hybridized carbons (Fsp3) is 0.600. The van der Waals surface area contributed by atoms with Gasteiger partial charge in [0, 0.05) is 38.5 Å². The van der Waals surface area contributed by atoms with Crippen LogP contribution >= 0.6 is 0 Å². The molecule has 0 aliphatic carbocycles. The molecule has 1 aliphatic rings. The molecule has 0 atom stereocenters. The second-order valence-corrected chi connectivity index (χ2v) is 5.09. The Morgan fingerprint density at radius 2 is 1.63 bits per heavy atom. The van der Waals surface area contributed by atoms with Crippen molar-refractivity contribution in [2.45, 2.75) is 19.3 Å². The van der Waals surface area contributed by atoms with Gasteiger partial charge in [0.1, 0.15) is 5.82 Å². The fourth-order valence-electron chi connectivity index (χ4n) is 2.51. The predicted octanol–water partition coefficient (Wildman–Crippen LogP) is 2.11. The summed E-state index contributed by atoms with van der Waals surface area (Å²) in [6.45, 7) is 5.57. The van der Waals surface area contributed by atoms with Gasteiger partial charge in [-0.05, 0) is 50.1 Å². The molecular weight excluding hydrogens is 243 g/mol. The maximum absolute atomic E-state index is 12.9. The zero-order chi connectivity index (χ0) is 13.5. The third-order valence-corrected chi connectivity index (χ3v) is 3.70.